The third-order valence-electron chi connectivity index (χ3n) is 7.20. The lowest BCUT2D eigenvalue weighted by Crippen LogP contribution is -2.55. The average Bonchev–Trinajstić information content (AvgIpc) is 2.71. The number of likely N-dealkylation sites (tertiary alicyclic amines) is 1. The molecule has 1 aliphatic rings. The fraction of sp³-hybridized carbons (Fsp3) is 0.808. The minimum absolute atomic E-state index is 0.000359. The first-order valence-electron chi connectivity index (χ1n) is 12.3. The van der Waals surface area contributed by atoms with Gasteiger partial charge in [-0.15, -0.1) is 0 Å². The van der Waals surface area contributed by atoms with Gasteiger partial charge in [0.05, 0.1) is 0 Å². The molecule has 0 aromatic carbocycles. The highest BCUT2D eigenvalue weighted by Crippen LogP contribution is 2.29. The maximum absolute atomic E-state index is 10.9. The number of allylic oxidation sites excluding steroid dienone is 2. The standard InChI is InChI=1S/C26H49N3O/c1-8-24(15-14-21(3)22(4)20-30)13-11-17-28(7)26(9-2)25-18-29(19-25)23(5)12-10-16-27-6/h20,22,24-27H,3,5,8-19H2,1-2,4,6-7H3. The lowest BCUT2D eigenvalue weighted by Gasteiger charge is -2.48. The smallest absolute Gasteiger partial charge is 0.126 e. The van der Waals surface area contributed by atoms with Crippen molar-refractivity contribution in [3.8, 4) is 0 Å². The third kappa shape index (κ3) is 8.93. The van der Waals surface area contributed by atoms with E-state index in [0.717, 1.165) is 43.1 Å². The monoisotopic (exact) mass is 419 g/mol. The van der Waals surface area contributed by atoms with Gasteiger partial charge in [0.1, 0.15) is 6.29 Å². The number of aldehydes is 1. The number of nitrogens with one attached hydrogen (secondary N) is 1. The summed E-state index contributed by atoms with van der Waals surface area (Å²) < 4.78 is 0. The van der Waals surface area contributed by atoms with Gasteiger partial charge in [-0.2, -0.15) is 0 Å². The fourth-order valence-corrected chi connectivity index (χ4v) is 4.71. The maximum atomic E-state index is 10.9. The van der Waals surface area contributed by atoms with Crippen molar-refractivity contribution in [1.29, 1.82) is 0 Å². The molecule has 1 aliphatic heterocycles. The van der Waals surface area contributed by atoms with Crippen LogP contribution in [0.4, 0.5) is 0 Å². The van der Waals surface area contributed by atoms with E-state index in [-0.39, 0.29) is 5.92 Å². The van der Waals surface area contributed by atoms with Crippen molar-refractivity contribution in [3.63, 3.8) is 0 Å². The highest BCUT2D eigenvalue weighted by atomic mass is 16.1. The molecule has 0 bridgehead atoms. The van der Waals surface area contributed by atoms with Crippen LogP contribution in [0.3, 0.4) is 0 Å². The third-order valence-corrected chi connectivity index (χ3v) is 7.20. The summed E-state index contributed by atoms with van der Waals surface area (Å²) >= 11 is 0. The second kappa shape index (κ2) is 14.8. The summed E-state index contributed by atoms with van der Waals surface area (Å²) in [7, 11) is 4.32. The van der Waals surface area contributed by atoms with Crippen LogP contribution in [0.1, 0.15) is 72.1 Å². The van der Waals surface area contributed by atoms with Crippen molar-refractivity contribution < 1.29 is 4.79 Å². The summed E-state index contributed by atoms with van der Waals surface area (Å²) in [5.41, 5.74) is 2.41. The second-order valence-electron chi connectivity index (χ2n) is 9.43. The molecule has 0 aliphatic carbocycles. The molecule has 0 radical (unpaired) electrons. The highest BCUT2D eigenvalue weighted by Gasteiger charge is 2.34. The predicted octanol–water partition coefficient (Wildman–Crippen LogP) is 5.12. The number of nitrogens with zero attached hydrogens (tertiary/aromatic N) is 2. The largest absolute Gasteiger partial charge is 0.374 e. The molecule has 1 rings (SSSR count). The van der Waals surface area contributed by atoms with Gasteiger partial charge in [0.15, 0.2) is 0 Å². The molecule has 3 unspecified atom stereocenters. The number of hydrogen-bond donors (Lipinski definition) is 1. The summed E-state index contributed by atoms with van der Waals surface area (Å²) in [5.74, 6) is 1.52. The van der Waals surface area contributed by atoms with Crippen LogP contribution in [0.15, 0.2) is 24.4 Å². The second-order valence-corrected chi connectivity index (χ2v) is 9.43. The van der Waals surface area contributed by atoms with Gasteiger partial charge >= 0.3 is 0 Å². The van der Waals surface area contributed by atoms with Crippen molar-refractivity contribution in [2.24, 2.45) is 17.8 Å². The first-order valence-corrected chi connectivity index (χ1v) is 12.3. The molecule has 0 aromatic heterocycles. The Morgan fingerprint density at radius 1 is 1.17 bits per heavy atom. The molecule has 0 amide bonds. The Bertz CT molecular complexity index is 512. The summed E-state index contributed by atoms with van der Waals surface area (Å²) in [5, 5.41) is 3.22. The molecule has 1 saturated heterocycles. The van der Waals surface area contributed by atoms with Gasteiger partial charge in [0.25, 0.3) is 0 Å². The maximum Gasteiger partial charge on any atom is 0.126 e. The average molecular weight is 420 g/mol. The zero-order valence-electron chi connectivity index (χ0n) is 20.6. The summed E-state index contributed by atoms with van der Waals surface area (Å²) in [6.07, 6.45) is 10.4. The van der Waals surface area contributed by atoms with E-state index in [4.69, 9.17) is 0 Å². The molecule has 4 nitrogen and oxygen atoms in total. The summed E-state index contributed by atoms with van der Waals surface area (Å²) in [4.78, 5) is 16.0. The van der Waals surface area contributed by atoms with E-state index in [9.17, 15) is 4.79 Å². The van der Waals surface area contributed by atoms with Gasteiger partial charge in [-0.1, -0.05) is 45.9 Å². The predicted molar refractivity (Wildman–Crippen MR) is 131 cm³/mol. The van der Waals surface area contributed by atoms with Crippen LogP contribution in [0.2, 0.25) is 0 Å². The molecule has 4 heteroatoms. The van der Waals surface area contributed by atoms with Gasteiger partial charge in [0, 0.05) is 36.7 Å². The van der Waals surface area contributed by atoms with E-state index >= 15 is 0 Å². The minimum atomic E-state index is 0.000359. The van der Waals surface area contributed by atoms with E-state index in [1.807, 2.05) is 14.0 Å². The zero-order valence-corrected chi connectivity index (χ0v) is 20.6. The Morgan fingerprint density at radius 3 is 2.43 bits per heavy atom. The van der Waals surface area contributed by atoms with Gasteiger partial charge in [-0.25, -0.2) is 0 Å². The lowest BCUT2D eigenvalue weighted by atomic mass is 9.87. The Morgan fingerprint density at radius 2 is 1.87 bits per heavy atom. The first-order chi connectivity index (χ1) is 14.4. The molecule has 30 heavy (non-hydrogen) atoms. The van der Waals surface area contributed by atoms with E-state index in [0.29, 0.717) is 6.04 Å². The van der Waals surface area contributed by atoms with Crippen LogP contribution in [-0.4, -0.2) is 62.4 Å². The van der Waals surface area contributed by atoms with Gasteiger partial charge < -0.3 is 19.9 Å². The number of rotatable bonds is 18. The van der Waals surface area contributed by atoms with E-state index < -0.39 is 0 Å². The molecule has 0 aromatic rings. The van der Waals surface area contributed by atoms with Crippen molar-refractivity contribution in [2.75, 3.05) is 40.3 Å². The summed E-state index contributed by atoms with van der Waals surface area (Å²) in [6, 6.07) is 0.680. The fourth-order valence-electron chi connectivity index (χ4n) is 4.71. The molecular formula is C26H49N3O. The molecule has 3 atom stereocenters. The first kappa shape index (κ1) is 26.9. The lowest BCUT2D eigenvalue weighted by molar-refractivity contribution is -0.109. The van der Waals surface area contributed by atoms with Gasteiger partial charge in [-0.3, -0.25) is 0 Å². The number of carbonyl (C=O) groups excluding carboxylic acids is 1. The van der Waals surface area contributed by atoms with Crippen LogP contribution in [0.25, 0.3) is 0 Å². The van der Waals surface area contributed by atoms with Crippen LogP contribution in [0, 0.1) is 17.8 Å². The van der Waals surface area contributed by atoms with Gasteiger partial charge in [-0.05, 0) is 78.0 Å². The van der Waals surface area contributed by atoms with E-state index in [2.05, 4.69) is 49.2 Å². The SMILES string of the molecule is C=C(CCC(CC)CCCN(C)C(CC)C1CN(C(=C)CCCNC)C1)C(C)C=O. The van der Waals surface area contributed by atoms with Crippen LogP contribution < -0.4 is 5.32 Å². The highest BCUT2D eigenvalue weighted by molar-refractivity contribution is 5.57. The quantitative estimate of drug-likeness (QED) is 0.190. The van der Waals surface area contributed by atoms with Gasteiger partial charge in [0.2, 0.25) is 0 Å². The van der Waals surface area contributed by atoms with Crippen molar-refractivity contribution in [1.82, 2.24) is 15.1 Å². The minimum Gasteiger partial charge on any atom is -0.374 e. The Labute approximate surface area is 187 Å². The van der Waals surface area contributed by atoms with Crippen LogP contribution >= 0.6 is 0 Å². The zero-order chi connectivity index (χ0) is 22.5. The molecule has 0 spiro atoms. The van der Waals surface area contributed by atoms with Crippen molar-refractivity contribution >= 4 is 6.29 Å². The normalized spacial score (nSPS) is 17.5. The molecule has 0 saturated carbocycles. The Kier molecular flexibility index (Phi) is 13.3. The Hall–Kier alpha value is -1.13. The molecule has 1 N–H and O–H groups in total. The number of hydrogen-bond acceptors (Lipinski definition) is 4. The van der Waals surface area contributed by atoms with Crippen LogP contribution in [-0.2, 0) is 4.79 Å². The summed E-state index contributed by atoms with van der Waals surface area (Å²) in [6.45, 7) is 19.6. The van der Waals surface area contributed by atoms with Crippen molar-refractivity contribution in [2.45, 2.75) is 78.2 Å². The van der Waals surface area contributed by atoms with Crippen molar-refractivity contribution in [3.05, 3.63) is 24.4 Å². The molecule has 1 fully saturated rings. The molecule has 1 heterocycles. The molecular weight excluding hydrogens is 370 g/mol. The topological polar surface area (TPSA) is 35.6 Å². The Balaban J connectivity index is 2.31. The number of carbonyl (C=O) groups is 1. The van der Waals surface area contributed by atoms with E-state index in [1.54, 1.807) is 0 Å². The van der Waals surface area contributed by atoms with Crippen LogP contribution in [0.5, 0.6) is 0 Å². The van der Waals surface area contributed by atoms with E-state index in [1.165, 1.54) is 63.9 Å². The molecule has 174 valence electrons.